The lowest BCUT2D eigenvalue weighted by Crippen LogP contribution is -2.49. The van der Waals surface area contributed by atoms with Gasteiger partial charge in [-0.15, -0.1) is 0 Å². The monoisotopic (exact) mass is 814 g/mol. The van der Waals surface area contributed by atoms with E-state index >= 15 is 4.39 Å². The van der Waals surface area contributed by atoms with Gasteiger partial charge < -0.3 is 15.1 Å². The highest BCUT2D eigenvalue weighted by Crippen LogP contribution is 2.34. The second kappa shape index (κ2) is 17.0. The standard InChI is InChI=1S/C45H51FN10O4/c1-52-38-26-33(12-13-35(38)42(51-52)36-14-15-39(57)49-43(36)59)54-23-21-53(22-24-54)28-29-16-19-55(20-17-29)44(60)30-8-10-32(11-9-30)48-45-47-27-37(46)41(50-45)31-5-4-6-34(25-31)56-18-3-2-7-40(56)58/h2-7,12-13,18,25-27,29-30,32,36H,8-11,14-17,19-24,28H2,1H3,(H,47,48,50)(H,49,57,59). The topological polar surface area (TPSA) is 151 Å². The SMILES string of the molecule is Cn1nc(C2CCC(=O)NC2=O)c2ccc(N3CCN(CC4CCN(C(=O)C5CCC(Nc6ncc(F)c(-c7cccc(-n8ccccc8=O)c7)n6)CC5)CC4)CC3)cc21. The molecule has 3 saturated heterocycles. The Labute approximate surface area is 347 Å². The van der Waals surface area contributed by atoms with Crippen molar-refractivity contribution >= 4 is 40.3 Å². The van der Waals surface area contributed by atoms with Gasteiger partial charge >= 0.3 is 0 Å². The summed E-state index contributed by atoms with van der Waals surface area (Å²) in [5.74, 6) is -0.245. The Hall–Kier alpha value is -5.96. The van der Waals surface area contributed by atoms with Gasteiger partial charge in [0.2, 0.25) is 23.7 Å². The molecule has 1 aliphatic carbocycles. The van der Waals surface area contributed by atoms with Crippen LogP contribution in [0, 0.1) is 17.7 Å². The summed E-state index contributed by atoms with van der Waals surface area (Å²) in [5.41, 5.74) is 4.03. The van der Waals surface area contributed by atoms with Gasteiger partial charge in [0.25, 0.3) is 5.56 Å². The first-order valence-electron chi connectivity index (χ1n) is 21.3. The molecule has 1 saturated carbocycles. The molecule has 312 valence electrons. The summed E-state index contributed by atoms with van der Waals surface area (Å²) in [6.45, 7) is 6.48. The first kappa shape index (κ1) is 39.5. The third-order valence-electron chi connectivity index (χ3n) is 13.0. The van der Waals surface area contributed by atoms with E-state index in [1.807, 2.05) is 11.7 Å². The van der Waals surface area contributed by atoms with Crippen molar-refractivity contribution in [2.45, 2.75) is 63.3 Å². The van der Waals surface area contributed by atoms with E-state index < -0.39 is 11.7 Å². The third kappa shape index (κ3) is 8.27. The van der Waals surface area contributed by atoms with E-state index in [9.17, 15) is 19.2 Å². The Morgan fingerprint density at radius 2 is 1.67 bits per heavy atom. The van der Waals surface area contributed by atoms with Gasteiger partial charge in [-0.3, -0.25) is 38.6 Å². The number of amides is 3. The molecule has 6 heterocycles. The van der Waals surface area contributed by atoms with Crippen LogP contribution in [0.3, 0.4) is 0 Å². The number of hydrogen-bond donors (Lipinski definition) is 2. The smallest absolute Gasteiger partial charge is 0.255 e. The Morgan fingerprint density at radius 1 is 0.867 bits per heavy atom. The number of pyridine rings is 1. The lowest BCUT2D eigenvalue weighted by atomic mass is 9.84. The largest absolute Gasteiger partial charge is 0.369 e. The van der Waals surface area contributed by atoms with Crippen molar-refractivity contribution in [1.29, 1.82) is 0 Å². The summed E-state index contributed by atoms with van der Waals surface area (Å²) in [5, 5.41) is 11.5. The van der Waals surface area contributed by atoms with Crippen LogP contribution in [0.5, 0.6) is 0 Å². The maximum Gasteiger partial charge on any atom is 0.255 e. The summed E-state index contributed by atoms with van der Waals surface area (Å²) in [6.07, 6.45) is 8.89. The molecule has 1 unspecified atom stereocenters. The molecule has 3 aliphatic heterocycles. The zero-order valence-corrected chi connectivity index (χ0v) is 33.9. The summed E-state index contributed by atoms with van der Waals surface area (Å²) in [6, 6.07) is 18.5. The Kier molecular flexibility index (Phi) is 11.2. The number of aromatic nitrogens is 5. The van der Waals surface area contributed by atoms with Crippen LogP contribution in [0.15, 0.2) is 77.9 Å². The van der Waals surface area contributed by atoms with Crippen LogP contribution >= 0.6 is 0 Å². The van der Waals surface area contributed by atoms with Crippen molar-refractivity contribution in [2.24, 2.45) is 18.9 Å². The van der Waals surface area contributed by atoms with Crippen molar-refractivity contribution in [1.82, 2.24) is 39.4 Å². The minimum absolute atomic E-state index is 0.0103. The number of fused-ring (bicyclic) bond motifs is 1. The number of anilines is 2. The fourth-order valence-corrected chi connectivity index (χ4v) is 9.58. The summed E-state index contributed by atoms with van der Waals surface area (Å²) < 4.78 is 18.4. The number of nitrogens with one attached hydrogen (secondary N) is 2. The highest BCUT2D eigenvalue weighted by atomic mass is 19.1. The highest BCUT2D eigenvalue weighted by molar-refractivity contribution is 6.02. The maximum absolute atomic E-state index is 15.0. The van der Waals surface area contributed by atoms with Crippen molar-refractivity contribution in [2.75, 3.05) is 56.0 Å². The Morgan fingerprint density at radius 3 is 2.43 bits per heavy atom. The molecule has 0 radical (unpaired) electrons. The molecule has 4 aliphatic rings. The molecule has 0 spiro atoms. The van der Waals surface area contributed by atoms with Crippen LogP contribution in [-0.2, 0) is 21.4 Å². The molecule has 2 N–H and O–H groups in total. The number of rotatable bonds is 9. The first-order valence-corrected chi connectivity index (χ1v) is 21.3. The second-order valence-corrected chi connectivity index (χ2v) is 16.8. The van der Waals surface area contributed by atoms with Crippen LogP contribution in [0.1, 0.15) is 63.0 Å². The van der Waals surface area contributed by atoms with E-state index in [0.29, 0.717) is 36.0 Å². The number of nitrogens with zero attached hydrogens (tertiary/aromatic N) is 8. The van der Waals surface area contributed by atoms with Crippen molar-refractivity contribution in [3.63, 3.8) is 0 Å². The predicted molar refractivity (Wildman–Crippen MR) is 226 cm³/mol. The molecule has 2 aromatic carbocycles. The molecule has 9 rings (SSSR count). The van der Waals surface area contributed by atoms with Gasteiger partial charge in [-0.25, -0.2) is 14.4 Å². The summed E-state index contributed by atoms with van der Waals surface area (Å²) >= 11 is 0. The van der Waals surface area contributed by atoms with Crippen LogP contribution in [0.4, 0.5) is 16.0 Å². The van der Waals surface area contributed by atoms with Gasteiger partial charge in [-0.05, 0) is 87.3 Å². The number of carbonyl (C=O) groups excluding carboxylic acids is 3. The molecule has 14 nitrogen and oxygen atoms in total. The van der Waals surface area contributed by atoms with Crippen LogP contribution in [0.2, 0.25) is 0 Å². The van der Waals surface area contributed by atoms with Crippen LogP contribution in [0.25, 0.3) is 27.8 Å². The van der Waals surface area contributed by atoms with Gasteiger partial charge in [0, 0.05) is 106 Å². The summed E-state index contributed by atoms with van der Waals surface area (Å²) in [4.78, 5) is 66.1. The highest BCUT2D eigenvalue weighted by Gasteiger charge is 2.34. The van der Waals surface area contributed by atoms with Gasteiger partial charge in [-0.1, -0.05) is 18.2 Å². The van der Waals surface area contributed by atoms with Gasteiger partial charge in [0.15, 0.2) is 5.82 Å². The van der Waals surface area contributed by atoms with Crippen LogP contribution in [-0.4, -0.2) is 104 Å². The van der Waals surface area contributed by atoms with Crippen molar-refractivity contribution < 1.29 is 18.8 Å². The lowest BCUT2D eigenvalue weighted by molar-refractivity contribution is -0.138. The molecule has 4 fully saturated rings. The minimum Gasteiger partial charge on any atom is -0.369 e. The molecule has 60 heavy (non-hydrogen) atoms. The molecule has 3 aromatic heterocycles. The average molecular weight is 815 g/mol. The molecule has 3 amide bonds. The Bertz CT molecular complexity index is 2460. The van der Waals surface area contributed by atoms with Gasteiger partial charge in [0.1, 0.15) is 5.69 Å². The molecule has 15 heteroatoms. The number of imide groups is 1. The Balaban J connectivity index is 0.721. The number of piperazine rings is 1. The molecular formula is C45H51FN10O4. The summed E-state index contributed by atoms with van der Waals surface area (Å²) in [7, 11) is 1.91. The van der Waals surface area contributed by atoms with Gasteiger partial charge in [-0.2, -0.15) is 5.10 Å². The van der Waals surface area contributed by atoms with E-state index in [1.54, 1.807) is 42.6 Å². The van der Waals surface area contributed by atoms with Crippen molar-refractivity contribution in [3.8, 4) is 16.9 Å². The van der Waals surface area contributed by atoms with E-state index in [-0.39, 0.29) is 40.9 Å². The molecule has 5 aromatic rings. The first-order chi connectivity index (χ1) is 29.2. The number of carbonyl (C=O) groups is 3. The zero-order valence-electron chi connectivity index (χ0n) is 33.9. The molecule has 1 atom stereocenters. The van der Waals surface area contributed by atoms with Gasteiger partial charge in [0.05, 0.1) is 23.3 Å². The minimum atomic E-state index is -0.542. The van der Waals surface area contributed by atoms with E-state index in [4.69, 9.17) is 5.10 Å². The normalized spacial score (nSPS) is 21.9. The van der Waals surface area contributed by atoms with E-state index in [1.165, 1.54) is 16.8 Å². The molecule has 0 bridgehead atoms. The number of aryl methyl sites for hydroxylation is 1. The lowest BCUT2D eigenvalue weighted by Gasteiger charge is -2.40. The fourth-order valence-electron chi connectivity index (χ4n) is 9.58. The van der Waals surface area contributed by atoms with E-state index in [2.05, 4.69) is 53.5 Å². The predicted octanol–water partition coefficient (Wildman–Crippen LogP) is 4.87. The molecular weight excluding hydrogens is 764 g/mol. The third-order valence-corrected chi connectivity index (χ3v) is 13.0. The zero-order chi connectivity index (χ0) is 41.3. The second-order valence-electron chi connectivity index (χ2n) is 16.8. The maximum atomic E-state index is 15.0. The quantitative estimate of drug-likeness (QED) is 0.198. The van der Waals surface area contributed by atoms with Crippen molar-refractivity contribution in [3.05, 3.63) is 94.9 Å². The van der Waals surface area contributed by atoms with Crippen LogP contribution < -0.4 is 21.1 Å². The number of likely N-dealkylation sites (tertiary alicyclic amines) is 1. The number of piperidine rings is 2. The van der Waals surface area contributed by atoms with E-state index in [0.717, 1.165) is 107 Å². The average Bonchev–Trinajstić information content (AvgIpc) is 3.59. The number of hydrogen-bond acceptors (Lipinski definition) is 10. The number of benzene rings is 2. The number of halogens is 1. The fraction of sp³-hybridized carbons (Fsp3) is 0.444.